The molecule has 0 bridgehead atoms. The summed E-state index contributed by atoms with van der Waals surface area (Å²) in [7, 11) is 0. The lowest BCUT2D eigenvalue weighted by Crippen LogP contribution is -2.36. The number of alkyl halides is 2. The summed E-state index contributed by atoms with van der Waals surface area (Å²) in [5, 5.41) is 7.42. The molecule has 1 fully saturated rings. The number of benzene rings is 3. The molecule has 1 N–H and O–H groups in total. The summed E-state index contributed by atoms with van der Waals surface area (Å²) in [5.74, 6) is -3.40. The molecule has 0 radical (unpaired) electrons. The van der Waals surface area contributed by atoms with Crippen LogP contribution in [0.5, 0.6) is 0 Å². The van der Waals surface area contributed by atoms with Crippen molar-refractivity contribution in [2.75, 3.05) is 36.5 Å². The molecule has 4 aromatic rings. The molecule has 3 aromatic carbocycles. The van der Waals surface area contributed by atoms with Crippen molar-refractivity contribution in [3.8, 4) is 16.9 Å². The van der Waals surface area contributed by atoms with Gasteiger partial charge in [0.15, 0.2) is 0 Å². The number of ether oxygens (including phenoxy) is 1. The summed E-state index contributed by atoms with van der Waals surface area (Å²) in [5.41, 5.74) is 3.37. The first-order valence-corrected chi connectivity index (χ1v) is 12.3. The molecular weight excluding hydrogens is 498 g/mol. The summed E-state index contributed by atoms with van der Waals surface area (Å²) >= 11 is 6.33. The molecule has 2 heterocycles. The van der Waals surface area contributed by atoms with Crippen LogP contribution in [0.4, 0.5) is 20.2 Å². The summed E-state index contributed by atoms with van der Waals surface area (Å²) < 4.78 is 35.0. The lowest BCUT2D eigenvalue weighted by molar-refractivity contribution is 0.0124. The van der Waals surface area contributed by atoms with E-state index in [2.05, 4.69) is 15.3 Å². The molecular formula is C28H25ClF2N4O2. The quantitative estimate of drug-likeness (QED) is 0.318. The van der Waals surface area contributed by atoms with Gasteiger partial charge in [-0.25, -0.2) is 4.68 Å². The van der Waals surface area contributed by atoms with E-state index in [1.165, 1.54) is 10.7 Å². The highest BCUT2D eigenvalue weighted by atomic mass is 35.5. The Labute approximate surface area is 218 Å². The van der Waals surface area contributed by atoms with Crippen molar-refractivity contribution in [3.05, 3.63) is 95.1 Å². The fourth-order valence-corrected chi connectivity index (χ4v) is 4.40. The zero-order chi connectivity index (χ0) is 26.0. The monoisotopic (exact) mass is 522 g/mol. The molecule has 5 rings (SSSR count). The highest BCUT2D eigenvalue weighted by molar-refractivity contribution is 6.32. The van der Waals surface area contributed by atoms with Gasteiger partial charge in [0.05, 0.1) is 29.6 Å². The lowest BCUT2D eigenvalue weighted by atomic mass is 10.1. The van der Waals surface area contributed by atoms with Gasteiger partial charge in [0.2, 0.25) is 0 Å². The molecule has 0 atom stereocenters. The fourth-order valence-electron chi connectivity index (χ4n) is 4.18. The van der Waals surface area contributed by atoms with Gasteiger partial charge >= 0.3 is 0 Å². The van der Waals surface area contributed by atoms with Gasteiger partial charge in [0.25, 0.3) is 11.8 Å². The molecule has 0 saturated carbocycles. The molecule has 0 unspecified atom stereocenters. The minimum atomic E-state index is -3.13. The van der Waals surface area contributed by atoms with E-state index < -0.39 is 5.92 Å². The van der Waals surface area contributed by atoms with Crippen molar-refractivity contribution in [1.29, 1.82) is 0 Å². The SMILES string of the molecule is CC(F)(F)c1cc(-c2ccc(C(=O)Nc3ccc(N4CCOCC4)cc3)cc2)n(-c2ccccc2Cl)n1. The van der Waals surface area contributed by atoms with Crippen LogP contribution in [0, 0.1) is 0 Å². The third-order valence-electron chi connectivity index (χ3n) is 6.18. The van der Waals surface area contributed by atoms with Crippen molar-refractivity contribution in [3.63, 3.8) is 0 Å². The first kappa shape index (κ1) is 24.9. The van der Waals surface area contributed by atoms with Gasteiger partial charge < -0.3 is 15.0 Å². The summed E-state index contributed by atoms with van der Waals surface area (Å²) in [4.78, 5) is 15.1. The van der Waals surface area contributed by atoms with Crippen LogP contribution in [-0.4, -0.2) is 42.0 Å². The molecule has 1 aliphatic heterocycles. The van der Waals surface area contributed by atoms with Gasteiger partial charge in [-0.2, -0.15) is 13.9 Å². The number of hydrogen-bond donors (Lipinski definition) is 1. The van der Waals surface area contributed by atoms with Gasteiger partial charge in [-0.15, -0.1) is 0 Å². The van der Waals surface area contributed by atoms with Crippen LogP contribution < -0.4 is 10.2 Å². The number of para-hydroxylation sites is 1. The van der Waals surface area contributed by atoms with Crippen LogP contribution in [0.3, 0.4) is 0 Å². The summed E-state index contributed by atoms with van der Waals surface area (Å²) in [6, 6.07) is 22.6. The molecule has 1 amide bonds. The standard InChI is InChI=1S/C28H25ClF2N4O2/c1-28(30,31)26-18-25(35(33-26)24-5-3-2-4-23(24)29)19-6-8-20(9-7-19)27(36)32-21-10-12-22(13-11-21)34-14-16-37-17-15-34/h2-13,18H,14-17H2,1H3,(H,32,36). The molecule has 9 heteroatoms. The number of anilines is 2. The Morgan fingerprint density at radius 1 is 1.00 bits per heavy atom. The second-order valence-corrected chi connectivity index (χ2v) is 9.25. The number of carbonyl (C=O) groups excluding carboxylic acids is 1. The van der Waals surface area contributed by atoms with Gasteiger partial charge in [-0.3, -0.25) is 4.79 Å². The maximum absolute atomic E-state index is 14.1. The van der Waals surface area contributed by atoms with Crippen molar-refractivity contribution < 1.29 is 18.3 Å². The largest absolute Gasteiger partial charge is 0.378 e. The molecule has 190 valence electrons. The molecule has 0 aliphatic carbocycles. The number of aromatic nitrogens is 2. The second-order valence-electron chi connectivity index (χ2n) is 8.84. The van der Waals surface area contributed by atoms with Crippen LogP contribution in [-0.2, 0) is 10.7 Å². The number of morpholine rings is 1. The number of hydrogen-bond acceptors (Lipinski definition) is 4. The summed E-state index contributed by atoms with van der Waals surface area (Å²) in [6.07, 6.45) is 0. The first-order valence-electron chi connectivity index (χ1n) is 11.9. The predicted molar refractivity (Wildman–Crippen MR) is 141 cm³/mol. The maximum atomic E-state index is 14.1. The smallest absolute Gasteiger partial charge is 0.288 e. The van der Waals surface area contributed by atoms with Crippen LogP contribution in [0.15, 0.2) is 78.9 Å². The van der Waals surface area contributed by atoms with E-state index in [9.17, 15) is 13.6 Å². The average molecular weight is 523 g/mol. The van der Waals surface area contributed by atoms with Gasteiger partial charge in [-0.05, 0) is 54.6 Å². The Kier molecular flexibility index (Phi) is 6.95. The Hall–Kier alpha value is -3.75. The molecule has 37 heavy (non-hydrogen) atoms. The highest BCUT2D eigenvalue weighted by Gasteiger charge is 2.30. The van der Waals surface area contributed by atoms with Crippen molar-refractivity contribution in [2.45, 2.75) is 12.8 Å². The minimum Gasteiger partial charge on any atom is -0.378 e. The van der Waals surface area contributed by atoms with E-state index >= 15 is 0 Å². The van der Waals surface area contributed by atoms with E-state index in [0.717, 1.165) is 25.7 Å². The topological polar surface area (TPSA) is 59.4 Å². The Morgan fingerprint density at radius 2 is 1.68 bits per heavy atom. The van der Waals surface area contributed by atoms with E-state index in [4.69, 9.17) is 16.3 Å². The van der Waals surface area contributed by atoms with Gasteiger partial charge in [0, 0.05) is 42.5 Å². The third kappa shape index (κ3) is 5.50. The van der Waals surface area contributed by atoms with E-state index in [1.54, 1.807) is 48.5 Å². The Morgan fingerprint density at radius 3 is 2.32 bits per heavy atom. The van der Waals surface area contributed by atoms with Crippen LogP contribution >= 0.6 is 11.6 Å². The molecule has 1 aliphatic rings. The fraction of sp³-hybridized carbons (Fsp3) is 0.214. The molecule has 6 nitrogen and oxygen atoms in total. The number of nitrogens with one attached hydrogen (secondary N) is 1. The van der Waals surface area contributed by atoms with E-state index in [1.807, 2.05) is 24.3 Å². The number of halogens is 3. The second kappa shape index (κ2) is 10.3. The van der Waals surface area contributed by atoms with Crippen molar-refractivity contribution in [1.82, 2.24) is 9.78 Å². The Balaban J connectivity index is 1.36. The van der Waals surface area contributed by atoms with Crippen molar-refractivity contribution in [2.24, 2.45) is 0 Å². The Bertz CT molecular complexity index is 1390. The lowest BCUT2D eigenvalue weighted by Gasteiger charge is -2.28. The summed E-state index contributed by atoms with van der Waals surface area (Å²) in [6.45, 7) is 3.89. The average Bonchev–Trinajstić information content (AvgIpc) is 3.36. The molecule has 0 spiro atoms. The molecule has 1 saturated heterocycles. The minimum absolute atomic E-state index is 0.272. The zero-order valence-corrected chi connectivity index (χ0v) is 20.9. The van der Waals surface area contributed by atoms with E-state index in [0.29, 0.717) is 46.4 Å². The van der Waals surface area contributed by atoms with Crippen LogP contribution in [0.1, 0.15) is 23.0 Å². The highest BCUT2D eigenvalue weighted by Crippen LogP contribution is 2.33. The van der Waals surface area contributed by atoms with Crippen molar-refractivity contribution >= 4 is 28.9 Å². The van der Waals surface area contributed by atoms with E-state index in [-0.39, 0.29) is 11.6 Å². The molecule has 1 aromatic heterocycles. The first-order chi connectivity index (χ1) is 17.8. The predicted octanol–water partition coefficient (Wildman–Crippen LogP) is 6.39. The van der Waals surface area contributed by atoms with Crippen LogP contribution in [0.25, 0.3) is 16.9 Å². The maximum Gasteiger partial charge on any atom is 0.288 e. The number of carbonyl (C=O) groups is 1. The van der Waals surface area contributed by atoms with Gasteiger partial charge in [-0.1, -0.05) is 35.9 Å². The zero-order valence-electron chi connectivity index (χ0n) is 20.1. The van der Waals surface area contributed by atoms with Gasteiger partial charge in [0.1, 0.15) is 5.69 Å². The third-order valence-corrected chi connectivity index (χ3v) is 6.50. The number of amides is 1. The normalized spacial score (nSPS) is 14.0. The number of nitrogens with zero attached hydrogens (tertiary/aromatic N) is 3. The number of rotatable bonds is 6. The van der Waals surface area contributed by atoms with Crippen LogP contribution in [0.2, 0.25) is 5.02 Å².